The summed E-state index contributed by atoms with van der Waals surface area (Å²) in [5.41, 5.74) is 2.80. The van der Waals surface area contributed by atoms with E-state index < -0.39 is 0 Å². The Bertz CT molecular complexity index is 651. The predicted octanol–water partition coefficient (Wildman–Crippen LogP) is 4.12. The van der Waals surface area contributed by atoms with Crippen LogP contribution in [0.4, 0.5) is 5.69 Å². The SMILES string of the molecule is Cc1cc(C)c(O)c(C=Nc2cc(Cl)ccc2O)c1. The summed E-state index contributed by atoms with van der Waals surface area (Å²) in [5, 5.41) is 20.1. The smallest absolute Gasteiger partial charge is 0.141 e. The number of hydrogen-bond acceptors (Lipinski definition) is 3. The molecule has 0 aromatic heterocycles. The third-order valence-electron chi connectivity index (χ3n) is 2.75. The van der Waals surface area contributed by atoms with Crippen LogP contribution in [-0.4, -0.2) is 16.4 Å². The highest BCUT2D eigenvalue weighted by Gasteiger charge is 2.04. The Morgan fingerprint density at radius 1 is 1.11 bits per heavy atom. The van der Waals surface area contributed by atoms with Gasteiger partial charge in [-0.15, -0.1) is 0 Å². The van der Waals surface area contributed by atoms with Crippen molar-refractivity contribution in [3.8, 4) is 11.5 Å². The van der Waals surface area contributed by atoms with E-state index >= 15 is 0 Å². The summed E-state index contributed by atoms with van der Waals surface area (Å²) < 4.78 is 0. The van der Waals surface area contributed by atoms with Crippen LogP contribution in [0.2, 0.25) is 5.02 Å². The number of nitrogens with zero attached hydrogens (tertiary/aromatic N) is 1. The van der Waals surface area contributed by atoms with Crippen LogP contribution in [0.15, 0.2) is 35.3 Å². The molecule has 0 fully saturated rings. The molecule has 0 heterocycles. The van der Waals surface area contributed by atoms with Gasteiger partial charge in [0.1, 0.15) is 17.2 Å². The lowest BCUT2D eigenvalue weighted by molar-refractivity contribution is 0.470. The fourth-order valence-electron chi connectivity index (χ4n) is 1.83. The van der Waals surface area contributed by atoms with Crippen molar-refractivity contribution in [2.24, 2.45) is 4.99 Å². The van der Waals surface area contributed by atoms with Gasteiger partial charge in [0, 0.05) is 16.8 Å². The normalized spacial score (nSPS) is 11.1. The number of halogens is 1. The van der Waals surface area contributed by atoms with Crippen molar-refractivity contribution >= 4 is 23.5 Å². The first-order valence-corrected chi connectivity index (χ1v) is 6.18. The van der Waals surface area contributed by atoms with Gasteiger partial charge in [0.25, 0.3) is 0 Å². The fourth-order valence-corrected chi connectivity index (χ4v) is 2.00. The van der Waals surface area contributed by atoms with Crippen LogP contribution < -0.4 is 0 Å². The summed E-state index contributed by atoms with van der Waals surface area (Å²) in [6, 6.07) is 8.35. The summed E-state index contributed by atoms with van der Waals surface area (Å²) in [4.78, 5) is 4.16. The van der Waals surface area contributed by atoms with E-state index in [4.69, 9.17) is 11.6 Å². The minimum absolute atomic E-state index is 0.0458. The molecule has 0 spiro atoms. The minimum atomic E-state index is 0.0458. The molecule has 2 aromatic rings. The number of aliphatic imine (C=N–C) groups is 1. The van der Waals surface area contributed by atoms with Crippen LogP contribution in [0.5, 0.6) is 11.5 Å². The van der Waals surface area contributed by atoms with E-state index in [1.165, 1.54) is 12.3 Å². The molecule has 0 aliphatic heterocycles. The standard InChI is InChI=1S/C15H14ClNO2/c1-9-5-10(2)15(19)11(6-9)8-17-13-7-12(16)3-4-14(13)18/h3-8,18-19H,1-2H3. The minimum Gasteiger partial charge on any atom is -0.507 e. The van der Waals surface area contributed by atoms with Gasteiger partial charge in [0.15, 0.2) is 0 Å². The van der Waals surface area contributed by atoms with E-state index in [2.05, 4.69) is 4.99 Å². The molecule has 2 aromatic carbocycles. The molecular formula is C15H14ClNO2. The van der Waals surface area contributed by atoms with Gasteiger partial charge in [-0.3, -0.25) is 4.99 Å². The molecule has 0 radical (unpaired) electrons. The zero-order valence-corrected chi connectivity index (χ0v) is 11.4. The van der Waals surface area contributed by atoms with Gasteiger partial charge in [-0.05, 0) is 49.2 Å². The van der Waals surface area contributed by atoms with Crippen LogP contribution in [0, 0.1) is 13.8 Å². The lowest BCUT2D eigenvalue weighted by atomic mass is 10.1. The molecular weight excluding hydrogens is 262 g/mol. The Labute approximate surface area is 116 Å². The maximum atomic E-state index is 9.94. The quantitative estimate of drug-likeness (QED) is 0.810. The van der Waals surface area contributed by atoms with Crippen molar-refractivity contribution in [3.63, 3.8) is 0 Å². The molecule has 98 valence electrons. The highest BCUT2D eigenvalue weighted by Crippen LogP contribution is 2.30. The Morgan fingerprint density at radius 3 is 2.58 bits per heavy atom. The number of phenols is 2. The number of aryl methyl sites for hydroxylation is 2. The van der Waals surface area contributed by atoms with E-state index in [1.807, 2.05) is 26.0 Å². The Morgan fingerprint density at radius 2 is 1.84 bits per heavy atom. The van der Waals surface area contributed by atoms with E-state index in [0.717, 1.165) is 11.1 Å². The highest BCUT2D eigenvalue weighted by atomic mass is 35.5. The van der Waals surface area contributed by atoms with E-state index in [-0.39, 0.29) is 11.5 Å². The van der Waals surface area contributed by atoms with Crippen LogP contribution in [-0.2, 0) is 0 Å². The second-order valence-electron chi connectivity index (χ2n) is 4.41. The average molecular weight is 276 g/mol. The molecule has 0 amide bonds. The molecule has 0 saturated carbocycles. The van der Waals surface area contributed by atoms with Crippen LogP contribution in [0.3, 0.4) is 0 Å². The summed E-state index contributed by atoms with van der Waals surface area (Å²) in [5.74, 6) is 0.236. The first-order valence-electron chi connectivity index (χ1n) is 5.80. The Kier molecular flexibility index (Phi) is 3.76. The first-order chi connectivity index (χ1) is 8.97. The maximum Gasteiger partial charge on any atom is 0.141 e. The average Bonchev–Trinajstić information content (AvgIpc) is 2.35. The van der Waals surface area contributed by atoms with Crippen molar-refractivity contribution in [1.82, 2.24) is 0 Å². The molecule has 2 N–H and O–H groups in total. The number of phenolic OH excluding ortho intramolecular Hbond substituents is 2. The second kappa shape index (κ2) is 5.33. The largest absolute Gasteiger partial charge is 0.507 e. The third-order valence-corrected chi connectivity index (χ3v) is 2.99. The molecule has 0 aliphatic rings. The molecule has 0 saturated heterocycles. The number of aromatic hydroxyl groups is 2. The van der Waals surface area contributed by atoms with Crippen molar-refractivity contribution in [3.05, 3.63) is 52.0 Å². The zero-order valence-electron chi connectivity index (χ0n) is 10.7. The molecule has 0 unspecified atom stereocenters. The van der Waals surface area contributed by atoms with Crippen LogP contribution in [0.1, 0.15) is 16.7 Å². The van der Waals surface area contributed by atoms with Gasteiger partial charge in [-0.1, -0.05) is 17.7 Å². The number of benzene rings is 2. The van der Waals surface area contributed by atoms with Crippen molar-refractivity contribution < 1.29 is 10.2 Å². The van der Waals surface area contributed by atoms with Gasteiger partial charge in [-0.2, -0.15) is 0 Å². The van der Waals surface area contributed by atoms with Crippen LogP contribution >= 0.6 is 11.6 Å². The highest BCUT2D eigenvalue weighted by molar-refractivity contribution is 6.30. The monoisotopic (exact) mass is 275 g/mol. The molecule has 4 heteroatoms. The predicted molar refractivity (Wildman–Crippen MR) is 78.0 cm³/mol. The van der Waals surface area contributed by atoms with Gasteiger partial charge in [0.2, 0.25) is 0 Å². The van der Waals surface area contributed by atoms with Crippen molar-refractivity contribution in [1.29, 1.82) is 0 Å². The van der Waals surface area contributed by atoms with Crippen molar-refractivity contribution in [2.45, 2.75) is 13.8 Å². The maximum absolute atomic E-state index is 9.94. The van der Waals surface area contributed by atoms with Gasteiger partial charge >= 0.3 is 0 Å². The van der Waals surface area contributed by atoms with Crippen LogP contribution in [0.25, 0.3) is 0 Å². The van der Waals surface area contributed by atoms with Gasteiger partial charge < -0.3 is 10.2 Å². The van der Waals surface area contributed by atoms with Crippen molar-refractivity contribution in [2.75, 3.05) is 0 Å². The molecule has 19 heavy (non-hydrogen) atoms. The summed E-state index contributed by atoms with van der Waals surface area (Å²) in [6.07, 6.45) is 1.51. The first kappa shape index (κ1) is 13.4. The van der Waals surface area contributed by atoms with E-state index in [1.54, 1.807) is 12.1 Å². The van der Waals surface area contributed by atoms with Gasteiger partial charge in [0.05, 0.1) is 0 Å². The lowest BCUT2D eigenvalue weighted by Gasteiger charge is -2.05. The summed E-state index contributed by atoms with van der Waals surface area (Å²) >= 11 is 5.85. The molecule has 2 rings (SSSR count). The Balaban J connectivity index is 2.40. The van der Waals surface area contributed by atoms with E-state index in [9.17, 15) is 10.2 Å². The number of hydrogen-bond donors (Lipinski definition) is 2. The van der Waals surface area contributed by atoms with Gasteiger partial charge in [-0.25, -0.2) is 0 Å². The fraction of sp³-hybridized carbons (Fsp3) is 0.133. The number of rotatable bonds is 2. The lowest BCUT2D eigenvalue weighted by Crippen LogP contribution is -1.88. The summed E-state index contributed by atoms with van der Waals surface area (Å²) in [7, 11) is 0. The van der Waals surface area contributed by atoms with E-state index in [0.29, 0.717) is 16.3 Å². The topological polar surface area (TPSA) is 52.8 Å². The zero-order chi connectivity index (χ0) is 14.0. The third kappa shape index (κ3) is 3.06. The molecule has 0 atom stereocenters. The molecule has 3 nitrogen and oxygen atoms in total. The molecule has 0 aliphatic carbocycles. The Hall–Kier alpha value is -2.00. The molecule has 0 bridgehead atoms. The second-order valence-corrected chi connectivity index (χ2v) is 4.85. The summed E-state index contributed by atoms with van der Waals surface area (Å²) in [6.45, 7) is 3.77.